The minimum absolute atomic E-state index is 0.107. The third-order valence-electron chi connectivity index (χ3n) is 15.4. The molecule has 0 spiro atoms. The molecule has 0 aliphatic heterocycles. The van der Waals surface area contributed by atoms with E-state index < -0.39 is 63.2 Å². The van der Waals surface area contributed by atoms with Gasteiger partial charge < -0.3 is 0 Å². The van der Waals surface area contributed by atoms with Crippen LogP contribution in [0.3, 0.4) is 0 Å². The van der Waals surface area contributed by atoms with Crippen molar-refractivity contribution in [3.63, 3.8) is 0 Å². The highest BCUT2D eigenvalue weighted by atomic mass is 19.4. The molecule has 3 aliphatic rings. The van der Waals surface area contributed by atoms with Crippen LogP contribution in [0, 0.1) is 0 Å². The van der Waals surface area contributed by atoms with E-state index in [-0.39, 0.29) is 33.4 Å². The zero-order valence-corrected chi connectivity index (χ0v) is 37.6. The maximum atomic E-state index is 15.4. The second kappa shape index (κ2) is 15.5. The molecule has 0 saturated heterocycles. The number of hydrogen-bond donors (Lipinski definition) is 0. The van der Waals surface area contributed by atoms with Crippen molar-refractivity contribution in [3.8, 4) is 77.9 Å². The van der Waals surface area contributed by atoms with Crippen LogP contribution in [0.5, 0.6) is 0 Å². The van der Waals surface area contributed by atoms with Crippen LogP contribution in [0.25, 0.3) is 77.9 Å². The Balaban J connectivity index is 1.18. The van der Waals surface area contributed by atoms with Gasteiger partial charge in [-0.3, -0.25) is 0 Å². The molecule has 0 bridgehead atoms. The molecule has 358 valence electrons. The molecule has 0 fully saturated rings. The zero-order chi connectivity index (χ0) is 50.3. The topological polar surface area (TPSA) is 0 Å². The summed E-state index contributed by atoms with van der Waals surface area (Å²) in [6, 6.07) is 42.3. The quantitative estimate of drug-likeness (QED) is 0.146. The lowest BCUT2D eigenvalue weighted by atomic mass is 9.71. The van der Waals surface area contributed by atoms with Crippen LogP contribution in [0.15, 0.2) is 170 Å². The van der Waals surface area contributed by atoms with Gasteiger partial charge in [0.25, 0.3) is 0 Å². The molecule has 71 heavy (non-hydrogen) atoms. The van der Waals surface area contributed by atoms with Crippen molar-refractivity contribution in [2.75, 3.05) is 0 Å². The second-order valence-corrected chi connectivity index (χ2v) is 18.5. The summed E-state index contributed by atoms with van der Waals surface area (Å²) in [7, 11) is 0. The third-order valence-corrected chi connectivity index (χ3v) is 15.4. The maximum absolute atomic E-state index is 15.4. The molecule has 0 atom stereocenters. The van der Waals surface area contributed by atoms with Crippen LogP contribution >= 0.6 is 0 Å². The second-order valence-electron chi connectivity index (χ2n) is 18.5. The summed E-state index contributed by atoms with van der Waals surface area (Å²) in [5, 5.41) is 0. The first kappa shape index (κ1) is 46.3. The van der Waals surface area contributed by atoms with Gasteiger partial charge in [-0.25, -0.2) is 0 Å². The Morgan fingerprint density at radius 3 is 0.915 bits per heavy atom. The average Bonchev–Trinajstić information content (AvgIpc) is 3.93. The predicted molar refractivity (Wildman–Crippen MR) is 252 cm³/mol. The maximum Gasteiger partial charge on any atom is 0.411 e. The molecule has 8 aromatic rings. The van der Waals surface area contributed by atoms with Crippen molar-refractivity contribution in [1.29, 1.82) is 0 Å². The first-order valence-corrected chi connectivity index (χ1v) is 22.9. The lowest BCUT2D eigenvalue weighted by molar-refractivity contribution is -0.288. The van der Waals surface area contributed by atoms with Gasteiger partial charge in [-0.1, -0.05) is 147 Å². The van der Waals surface area contributed by atoms with Gasteiger partial charge in [-0.05, 0) is 161 Å². The van der Waals surface area contributed by atoms with E-state index in [1.165, 1.54) is 48.5 Å². The number of hydrogen-bond acceptors (Lipinski definition) is 0. The normalized spacial score (nSPS) is 15.9. The van der Waals surface area contributed by atoms with E-state index in [4.69, 9.17) is 0 Å². The molecule has 11 rings (SSSR count). The Hall–Kier alpha value is -7.08. The first-order valence-electron chi connectivity index (χ1n) is 22.9. The fraction of sp³-hybridized carbons (Fsp3) is 0.186. The monoisotopic (exact) mass is 974 g/mol. The first-order chi connectivity index (χ1) is 33.7. The smallest absolute Gasteiger partial charge is 0.169 e. The van der Waals surface area contributed by atoms with Crippen molar-refractivity contribution in [2.45, 2.75) is 67.6 Å². The van der Waals surface area contributed by atoms with Crippen LogP contribution < -0.4 is 0 Å². The van der Waals surface area contributed by atoms with E-state index in [1.807, 2.05) is 38.1 Å². The van der Waals surface area contributed by atoms with Gasteiger partial charge in [0.15, 0.2) is 0 Å². The van der Waals surface area contributed by atoms with E-state index in [0.717, 1.165) is 36.4 Å². The Kier molecular flexibility index (Phi) is 10.1. The summed E-state index contributed by atoms with van der Waals surface area (Å²) in [5.41, 5.74) is -7.93. The summed E-state index contributed by atoms with van der Waals surface area (Å²) < 4.78 is 185. The van der Waals surface area contributed by atoms with Gasteiger partial charge >= 0.3 is 24.7 Å². The van der Waals surface area contributed by atoms with Gasteiger partial charge in [-0.15, -0.1) is 0 Å². The predicted octanol–water partition coefficient (Wildman–Crippen LogP) is 18.2. The molecule has 0 N–H and O–H groups in total. The highest BCUT2D eigenvalue weighted by Gasteiger charge is 2.76. The Labute approximate surface area is 400 Å². The van der Waals surface area contributed by atoms with Crippen LogP contribution in [-0.4, -0.2) is 24.7 Å². The minimum atomic E-state index is -5.79. The lowest BCUT2D eigenvalue weighted by Gasteiger charge is -2.36. The number of halogens is 12. The Bertz CT molecular complexity index is 3190. The molecule has 8 aromatic carbocycles. The van der Waals surface area contributed by atoms with E-state index in [9.17, 15) is 0 Å². The van der Waals surface area contributed by atoms with E-state index in [0.29, 0.717) is 68.5 Å². The Morgan fingerprint density at radius 1 is 0.268 bits per heavy atom. The average molecular weight is 975 g/mol. The fourth-order valence-corrected chi connectivity index (χ4v) is 12.2. The molecule has 0 saturated carbocycles. The number of alkyl halides is 12. The SMILES string of the molecule is CCC1(CC)c2cc(-c3ccc4c(c3)C(C(F)(F)F)(C(F)(F)F)c3ccccc3-4)c(-c3ccccc3)cc2-c2cc(-c3ccccc3)c(-c3ccc4c(c3)C(C(F)(F)F)(C(F)(F)F)c3ccccc3-4)cc21. The fourth-order valence-electron chi connectivity index (χ4n) is 12.2. The zero-order valence-electron chi connectivity index (χ0n) is 37.6. The van der Waals surface area contributed by atoms with Crippen molar-refractivity contribution >= 4 is 0 Å². The van der Waals surface area contributed by atoms with E-state index in [1.54, 1.807) is 60.7 Å². The van der Waals surface area contributed by atoms with Crippen LogP contribution in [0.4, 0.5) is 52.7 Å². The van der Waals surface area contributed by atoms with Gasteiger partial charge in [0, 0.05) is 5.41 Å². The van der Waals surface area contributed by atoms with Gasteiger partial charge in [0.05, 0.1) is 0 Å². The third kappa shape index (κ3) is 6.15. The van der Waals surface area contributed by atoms with Crippen molar-refractivity contribution in [3.05, 3.63) is 203 Å². The van der Waals surface area contributed by atoms with Crippen LogP contribution in [0.1, 0.15) is 60.1 Å². The molecule has 3 aliphatic carbocycles. The van der Waals surface area contributed by atoms with Crippen molar-refractivity contribution in [1.82, 2.24) is 0 Å². The molecular formula is C59H38F12. The lowest BCUT2D eigenvalue weighted by Crippen LogP contribution is -2.53. The van der Waals surface area contributed by atoms with Crippen LogP contribution in [0.2, 0.25) is 0 Å². The number of fused-ring (bicyclic) bond motifs is 9. The highest BCUT2D eigenvalue weighted by Crippen LogP contribution is 2.66. The number of rotatable bonds is 6. The standard InChI is InChI=1S/C59H38F12/c1-3-53(4-2)49-31-43(35-23-25-39-37-19-11-13-21-47(37)54(51(39)27-35,56(60,61)62)57(63,64)65)41(33-15-7-5-8-16-33)29-45(49)46-30-42(34-17-9-6-10-18-34)44(32-50(46)53)36-24-26-40-38-20-12-14-22-48(38)55(52(40)28-36,58(66,67)68)59(69,70)71/h5-32H,3-4H2,1-2H3. The van der Waals surface area contributed by atoms with Crippen LogP contribution in [-0.2, 0) is 16.2 Å². The molecule has 12 heteroatoms. The van der Waals surface area contributed by atoms with Gasteiger partial charge in [0.2, 0.25) is 10.8 Å². The van der Waals surface area contributed by atoms with Crippen molar-refractivity contribution < 1.29 is 52.7 Å². The Morgan fingerprint density at radius 2 is 0.577 bits per heavy atom. The van der Waals surface area contributed by atoms with Crippen molar-refractivity contribution in [2.24, 2.45) is 0 Å². The van der Waals surface area contributed by atoms with Gasteiger partial charge in [-0.2, -0.15) is 52.7 Å². The molecule has 0 nitrogen and oxygen atoms in total. The molecule has 0 unspecified atom stereocenters. The number of benzene rings is 8. The summed E-state index contributed by atoms with van der Waals surface area (Å²) in [5.74, 6) is 0. The summed E-state index contributed by atoms with van der Waals surface area (Å²) in [6.07, 6.45) is -22.3. The largest absolute Gasteiger partial charge is 0.411 e. The molecule has 0 aromatic heterocycles. The minimum Gasteiger partial charge on any atom is -0.169 e. The summed E-state index contributed by atoms with van der Waals surface area (Å²) in [4.78, 5) is 0. The van der Waals surface area contributed by atoms with E-state index >= 15 is 52.7 Å². The van der Waals surface area contributed by atoms with Gasteiger partial charge in [0.1, 0.15) is 0 Å². The molecule has 0 heterocycles. The summed E-state index contributed by atoms with van der Waals surface area (Å²) >= 11 is 0. The molecular weight excluding hydrogens is 937 g/mol. The summed E-state index contributed by atoms with van der Waals surface area (Å²) in [6.45, 7) is 3.86. The molecule has 0 amide bonds. The van der Waals surface area contributed by atoms with E-state index in [2.05, 4.69) is 0 Å². The molecule has 0 radical (unpaired) electrons. The highest BCUT2D eigenvalue weighted by molar-refractivity contribution is 5.98.